The summed E-state index contributed by atoms with van der Waals surface area (Å²) in [4.78, 5) is 42.0. The molecule has 0 saturated heterocycles. The van der Waals surface area contributed by atoms with E-state index in [1.807, 2.05) is 13.8 Å². The van der Waals surface area contributed by atoms with Gasteiger partial charge in [0.15, 0.2) is 0 Å². The van der Waals surface area contributed by atoms with E-state index in [1.165, 1.54) is 17.0 Å². The van der Waals surface area contributed by atoms with E-state index in [2.05, 4.69) is 10.6 Å². The maximum atomic E-state index is 14.2. The summed E-state index contributed by atoms with van der Waals surface area (Å²) in [7, 11) is 0. The first kappa shape index (κ1) is 31.5. The largest absolute Gasteiger partial charge is 0.508 e. The molecule has 0 aliphatic carbocycles. The molecule has 2 rings (SSSR count). The van der Waals surface area contributed by atoms with Crippen molar-refractivity contribution in [1.82, 2.24) is 15.5 Å². The van der Waals surface area contributed by atoms with Crippen LogP contribution in [0, 0.1) is 6.92 Å². The number of hydrogen-bond donors (Lipinski definition) is 4. The van der Waals surface area contributed by atoms with Crippen molar-refractivity contribution >= 4 is 17.9 Å². The molecule has 0 spiro atoms. The van der Waals surface area contributed by atoms with Gasteiger partial charge in [0.1, 0.15) is 29.2 Å². The first-order valence-corrected chi connectivity index (χ1v) is 13.5. The molecule has 0 heterocycles. The summed E-state index contributed by atoms with van der Waals surface area (Å²) in [5.74, 6) is -0.885. The number of phenolic OH excluding ortho intramolecular Hbond substituents is 2. The fraction of sp³-hybridized carbons (Fsp3) is 0.500. The van der Waals surface area contributed by atoms with E-state index in [4.69, 9.17) is 4.74 Å². The van der Waals surface area contributed by atoms with Gasteiger partial charge in [0, 0.05) is 25.1 Å². The Hall–Kier alpha value is -3.75. The Morgan fingerprint density at radius 3 is 2.26 bits per heavy atom. The van der Waals surface area contributed by atoms with Crippen LogP contribution in [0.15, 0.2) is 42.5 Å². The number of para-hydroxylation sites is 1. The lowest BCUT2D eigenvalue weighted by Gasteiger charge is -2.35. The second-order valence-electron chi connectivity index (χ2n) is 10.7. The maximum Gasteiger partial charge on any atom is 0.408 e. The summed E-state index contributed by atoms with van der Waals surface area (Å²) in [6.45, 7) is 11.4. The van der Waals surface area contributed by atoms with Gasteiger partial charge in [0.2, 0.25) is 11.8 Å². The van der Waals surface area contributed by atoms with Crippen LogP contribution in [0.2, 0.25) is 0 Å². The number of nitrogens with zero attached hydrogens (tertiary/aromatic N) is 1. The highest BCUT2D eigenvalue weighted by Gasteiger charge is 2.37. The van der Waals surface area contributed by atoms with Gasteiger partial charge in [-0.3, -0.25) is 9.59 Å². The molecule has 2 atom stereocenters. The van der Waals surface area contributed by atoms with Gasteiger partial charge >= 0.3 is 6.09 Å². The molecule has 4 N–H and O–H groups in total. The number of aryl methyl sites for hydroxylation is 1. The Labute approximate surface area is 231 Å². The molecule has 3 amide bonds. The summed E-state index contributed by atoms with van der Waals surface area (Å²) >= 11 is 0. The highest BCUT2D eigenvalue weighted by Crippen LogP contribution is 2.32. The number of alkyl carbamates (subject to hydrolysis) is 1. The van der Waals surface area contributed by atoms with Crippen molar-refractivity contribution in [2.75, 3.05) is 13.1 Å². The third-order valence-corrected chi connectivity index (χ3v) is 6.07. The summed E-state index contributed by atoms with van der Waals surface area (Å²) < 4.78 is 5.43. The van der Waals surface area contributed by atoms with E-state index < -0.39 is 35.6 Å². The number of benzene rings is 2. The lowest BCUT2D eigenvalue weighted by atomic mass is 9.97. The molecule has 39 heavy (non-hydrogen) atoms. The number of rotatable bonds is 12. The highest BCUT2D eigenvalue weighted by molar-refractivity contribution is 5.92. The third-order valence-electron chi connectivity index (χ3n) is 6.07. The Morgan fingerprint density at radius 1 is 1.00 bits per heavy atom. The van der Waals surface area contributed by atoms with E-state index in [9.17, 15) is 24.6 Å². The molecule has 0 saturated carbocycles. The average Bonchev–Trinajstić information content (AvgIpc) is 2.85. The molecule has 0 radical (unpaired) electrons. The number of unbranched alkanes of at least 4 members (excludes halogenated alkanes) is 1. The third kappa shape index (κ3) is 9.50. The predicted molar refractivity (Wildman–Crippen MR) is 150 cm³/mol. The summed E-state index contributed by atoms with van der Waals surface area (Å²) in [5, 5.41) is 26.2. The molecule has 0 bridgehead atoms. The van der Waals surface area contributed by atoms with E-state index in [0.29, 0.717) is 29.7 Å². The lowest BCUT2D eigenvalue weighted by molar-refractivity contribution is -0.142. The predicted octanol–water partition coefficient (Wildman–Crippen LogP) is 4.74. The smallest absolute Gasteiger partial charge is 0.408 e. The minimum Gasteiger partial charge on any atom is -0.508 e. The monoisotopic (exact) mass is 541 g/mol. The number of phenols is 2. The molecule has 0 aliphatic heterocycles. The lowest BCUT2D eigenvalue weighted by Crippen LogP contribution is -2.54. The normalized spacial score (nSPS) is 12.8. The van der Waals surface area contributed by atoms with E-state index in [1.54, 1.807) is 58.0 Å². The maximum absolute atomic E-state index is 14.2. The number of amides is 3. The average molecular weight is 542 g/mol. The molecule has 0 aromatic heterocycles. The molecule has 9 nitrogen and oxygen atoms in total. The Morgan fingerprint density at radius 2 is 1.67 bits per heavy atom. The van der Waals surface area contributed by atoms with Crippen molar-refractivity contribution < 1.29 is 29.3 Å². The minimum atomic E-state index is -1.11. The van der Waals surface area contributed by atoms with Crippen molar-refractivity contribution in [2.45, 2.75) is 84.9 Å². The Kier molecular flexibility index (Phi) is 11.6. The van der Waals surface area contributed by atoms with Crippen LogP contribution in [0.3, 0.4) is 0 Å². The van der Waals surface area contributed by atoms with Crippen molar-refractivity contribution in [3.8, 4) is 11.5 Å². The zero-order valence-corrected chi connectivity index (χ0v) is 23.9. The first-order chi connectivity index (χ1) is 18.4. The second kappa shape index (κ2) is 14.4. The Bertz CT molecular complexity index is 1110. The highest BCUT2D eigenvalue weighted by atomic mass is 16.6. The van der Waals surface area contributed by atoms with Gasteiger partial charge in [0.25, 0.3) is 0 Å². The van der Waals surface area contributed by atoms with Gasteiger partial charge < -0.3 is 30.5 Å². The van der Waals surface area contributed by atoms with Crippen molar-refractivity contribution in [3.63, 3.8) is 0 Å². The van der Waals surface area contributed by atoms with Crippen LogP contribution in [0.5, 0.6) is 11.5 Å². The zero-order chi connectivity index (χ0) is 29.2. The summed E-state index contributed by atoms with van der Waals surface area (Å²) in [6.07, 6.45) is 1.52. The molecular formula is C30H43N3O6. The summed E-state index contributed by atoms with van der Waals surface area (Å²) in [5.41, 5.74) is 0.803. The fourth-order valence-electron chi connectivity index (χ4n) is 4.16. The first-order valence-electron chi connectivity index (χ1n) is 13.5. The van der Waals surface area contributed by atoms with Crippen LogP contribution in [0.25, 0.3) is 0 Å². The molecule has 2 aromatic carbocycles. The number of aromatic hydroxyl groups is 2. The molecule has 9 heteroatoms. The van der Waals surface area contributed by atoms with E-state index in [0.717, 1.165) is 12.8 Å². The number of carbonyl (C=O) groups excluding carboxylic acids is 3. The molecule has 0 aliphatic rings. The van der Waals surface area contributed by atoms with Crippen LogP contribution in [0.1, 0.15) is 76.6 Å². The number of ether oxygens (including phenoxy) is 1. The number of carbonyl (C=O) groups is 3. The molecular weight excluding hydrogens is 498 g/mol. The van der Waals surface area contributed by atoms with Crippen LogP contribution >= 0.6 is 0 Å². The number of hydrogen-bond acceptors (Lipinski definition) is 6. The summed E-state index contributed by atoms with van der Waals surface area (Å²) in [6, 6.07) is 9.25. The zero-order valence-electron chi connectivity index (χ0n) is 23.9. The van der Waals surface area contributed by atoms with Crippen LogP contribution in [0.4, 0.5) is 4.79 Å². The van der Waals surface area contributed by atoms with Gasteiger partial charge in [-0.15, -0.1) is 0 Å². The quantitative estimate of drug-likeness (QED) is 0.288. The van der Waals surface area contributed by atoms with E-state index in [-0.39, 0.29) is 24.5 Å². The van der Waals surface area contributed by atoms with Crippen LogP contribution < -0.4 is 10.6 Å². The van der Waals surface area contributed by atoms with Crippen molar-refractivity contribution in [3.05, 3.63) is 59.2 Å². The van der Waals surface area contributed by atoms with Gasteiger partial charge in [-0.1, -0.05) is 50.6 Å². The fourth-order valence-corrected chi connectivity index (χ4v) is 4.16. The van der Waals surface area contributed by atoms with Crippen molar-refractivity contribution in [2.24, 2.45) is 0 Å². The topological polar surface area (TPSA) is 128 Å². The SMILES string of the molecule is CCCCNC(=O)C(c1cccc(C)c1O)N(CCC)C(=O)C(Cc1ccc(O)cc1)NC(=O)OC(C)(C)C. The van der Waals surface area contributed by atoms with Crippen LogP contribution in [-0.2, 0) is 20.7 Å². The van der Waals surface area contributed by atoms with E-state index >= 15 is 0 Å². The Balaban J connectivity index is 2.54. The van der Waals surface area contributed by atoms with Gasteiger partial charge in [0.05, 0.1) is 0 Å². The second-order valence-corrected chi connectivity index (χ2v) is 10.7. The minimum absolute atomic E-state index is 0.0581. The molecule has 0 fully saturated rings. The van der Waals surface area contributed by atoms with Gasteiger partial charge in [-0.2, -0.15) is 0 Å². The van der Waals surface area contributed by atoms with Gasteiger partial charge in [-0.05, 0) is 63.8 Å². The molecule has 214 valence electrons. The van der Waals surface area contributed by atoms with Crippen molar-refractivity contribution in [1.29, 1.82) is 0 Å². The standard InChI is InChI=1S/C30H43N3O6/c1-7-9-17-31-27(36)25(23-12-10-11-20(3)26(23)35)33(18-8-2)28(37)24(32-29(38)39-30(4,5)6)19-21-13-15-22(34)16-14-21/h10-16,24-25,34-35H,7-9,17-19H2,1-6H3,(H,31,36)(H,32,38). The number of nitrogens with one attached hydrogen (secondary N) is 2. The van der Waals surface area contributed by atoms with Crippen LogP contribution in [-0.4, -0.2) is 57.8 Å². The van der Waals surface area contributed by atoms with Gasteiger partial charge in [-0.25, -0.2) is 4.79 Å². The molecule has 2 aromatic rings. The molecule has 2 unspecified atom stereocenters.